The van der Waals surface area contributed by atoms with Crippen molar-refractivity contribution in [3.8, 4) is 0 Å². The van der Waals surface area contributed by atoms with Crippen molar-refractivity contribution in [2.45, 2.75) is 18.1 Å². The van der Waals surface area contributed by atoms with E-state index in [1.807, 2.05) is 19.4 Å². The minimum Gasteiger partial charge on any atom is -0.355 e. The molecule has 0 aromatic carbocycles. The van der Waals surface area contributed by atoms with Crippen LogP contribution >= 0.6 is 11.8 Å². The Hall–Kier alpha value is -1.01. The summed E-state index contributed by atoms with van der Waals surface area (Å²) in [7, 11) is 1.90. The molecule has 0 aliphatic carbocycles. The molecule has 19 heavy (non-hydrogen) atoms. The van der Waals surface area contributed by atoms with Crippen LogP contribution in [0.15, 0.2) is 12.4 Å². The first-order valence-corrected chi connectivity index (χ1v) is 7.90. The first kappa shape index (κ1) is 14.4. The number of thioether (sulfide) groups is 1. The van der Waals surface area contributed by atoms with Crippen molar-refractivity contribution in [3.05, 3.63) is 18.0 Å². The molecule has 106 valence electrons. The van der Waals surface area contributed by atoms with Gasteiger partial charge in [0.1, 0.15) is 0 Å². The van der Waals surface area contributed by atoms with Gasteiger partial charge in [-0.2, -0.15) is 16.9 Å². The monoisotopic (exact) mass is 282 g/mol. The number of amides is 1. The van der Waals surface area contributed by atoms with Crippen molar-refractivity contribution in [1.82, 2.24) is 20.4 Å². The van der Waals surface area contributed by atoms with E-state index in [2.05, 4.69) is 28.9 Å². The molecule has 2 heterocycles. The van der Waals surface area contributed by atoms with Crippen molar-refractivity contribution in [2.75, 3.05) is 25.9 Å². The fraction of sp³-hybridized carbons (Fsp3) is 0.692. The summed E-state index contributed by atoms with van der Waals surface area (Å²) in [6.45, 7) is 4.45. The van der Waals surface area contributed by atoms with E-state index in [0.717, 1.165) is 25.2 Å². The molecule has 0 saturated carbocycles. The van der Waals surface area contributed by atoms with E-state index < -0.39 is 0 Å². The molecular weight excluding hydrogens is 260 g/mol. The highest BCUT2D eigenvalue weighted by molar-refractivity contribution is 7.99. The number of hydrogen-bond donors (Lipinski definition) is 2. The zero-order valence-corrected chi connectivity index (χ0v) is 12.5. The topological polar surface area (TPSA) is 59.0 Å². The van der Waals surface area contributed by atoms with Gasteiger partial charge >= 0.3 is 0 Å². The molecule has 1 aliphatic rings. The summed E-state index contributed by atoms with van der Waals surface area (Å²) >= 11 is 1.77. The fourth-order valence-electron chi connectivity index (χ4n) is 2.39. The van der Waals surface area contributed by atoms with E-state index >= 15 is 0 Å². The zero-order chi connectivity index (χ0) is 13.8. The third-order valence-electron chi connectivity index (χ3n) is 3.67. The average Bonchev–Trinajstić information content (AvgIpc) is 3.03. The number of aromatic nitrogens is 2. The second kappa shape index (κ2) is 6.43. The number of aryl methyl sites for hydroxylation is 1. The second-order valence-electron chi connectivity index (χ2n) is 5.11. The zero-order valence-electron chi connectivity index (χ0n) is 11.7. The molecule has 0 spiro atoms. The molecule has 1 unspecified atom stereocenters. The summed E-state index contributed by atoms with van der Waals surface area (Å²) in [4.78, 5) is 12.3. The smallest absolute Gasteiger partial charge is 0.225 e. The molecule has 5 nitrogen and oxygen atoms in total. The summed E-state index contributed by atoms with van der Waals surface area (Å²) in [6.07, 6.45) is 5.93. The summed E-state index contributed by atoms with van der Waals surface area (Å²) < 4.78 is 1.79. The van der Waals surface area contributed by atoms with Crippen LogP contribution in [0.2, 0.25) is 0 Å². The minimum absolute atomic E-state index is 0.0123. The first-order valence-electron chi connectivity index (χ1n) is 6.61. The van der Waals surface area contributed by atoms with Crippen molar-refractivity contribution in [2.24, 2.45) is 13.0 Å². The molecule has 1 fully saturated rings. The summed E-state index contributed by atoms with van der Waals surface area (Å²) in [5.74, 6) is 0.399. The van der Waals surface area contributed by atoms with Gasteiger partial charge in [-0.15, -0.1) is 0 Å². The molecule has 3 atom stereocenters. The lowest BCUT2D eigenvalue weighted by Crippen LogP contribution is -2.37. The van der Waals surface area contributed by atoms with Crippen LogP contribution in [0, 0.1) is 5.92 Å². The molecule has 1 amide bonds. The highest BCUT2D eigenvalue weighted by Crippen LogP contribution is 2.27. The predicted molar refractivity (Wildman–Crippen MR) is 78.3 cm³/mol. The standard InChI is InChI=1S/C13H22N4OS/c1-9(19-3)4-15-13(18)12-7-14-6-11(12)10-5-16-17(2)8-10/h5,8-9,11-12,14H,4,6-7H2,1-3H3,(H,15,18)/t9?,11-,12+/m1/s1. The third-order valence-corrected chi connectivity index (χ3v) is 4.64. The Labute approximate surface area is 118 Å². The van der Waals surface area contributed by atoms with Crippen LogP contribution in [-0.4, -0.2) is 46.8 Å². The van der Waals surface area contributed by atoms with Gasteiger partial charge in [0.2, 0.25) is 5.91 Å². The number of hydrogen-bond acceptors (Lipinski definition) is 4. The van der Waals surface area contributed by atoms with E-state index in [0.29, 0.717) is 5.25 Å². The van der Waals surface area contributed by atoms with Gasteiger partial charge in [-0.25, -0.2) is 0 Å². The molecule has 1 aromatic heterocycles. The molecule has 2 N–H and O–H groups in total. The number of nitrogens with one attached hydrogen (secondary N) is 2. The van der Waals surface area contributed by atoms with Crippen LogP contribution in [0.25, 0.3) is 0 Å². The van der Waals surface area contributed by atoms with Gasteiger partial charge in [0, 0.05) is 44.0 Å². The molecular formula is C13H22N4OS. The largest absolute Gasteiger partial charge is 0.355 e. The molecule has 1 saturated heterocycles. The second-order valence-corrected chi connectivity index (χ2v) is 6.39. The Bertz CT molecular complexity index is 434. The van der Waals surface area contributed by atoms with Gasteiger partial charge in [0.05, 0.1) is 12.1 Å². The minimum atomic E-state index is 0.0123. The highest BCUT2D eigenvalue weighted by Gasteiger charge is 2.34. The van der Waals surface area contributed by atoms with Gasteiger partial charge < -0.3 is 10.6 Å². The Morgan fingerprint density at radius 3 is 3.11 bits per heavy atom. The van der Waals surface area contributed by atoms with Crippen LogP contribution < -0.4 is 10.6 Å². The average molecular weight is 282 g/mol. The molecule has 1 aromatic rings. The highest BCUT2D eigenvalue weighted by atomic mass is 32.2. The third kappa shape index (κ3) is 3.51. The normalized spacial score (nSPS) is 24.4. The summed E-state index contributed by atoms with van der Waals surface area (Å²) in [6, 6.07) is 0. The van der Waals surface area contributed by atoms with Crippen LogP contribution in [-0.2, 0) is 11.8 Å². The first-order chi connectivity index (χ1) is 9.11. The van der Waals surface area contributed by atoms with Crippen LogP contribution in [0.5, 0.6) is 0 Å². The van der Waals surface area contributed by atoms with Gasteiger partial charge in [-0.05, 0) is 11.8 Å². The van der Waals surface area contributed by atoms with Gasteiger partial charge in [-0.1, -0.05) is 6.92 Å². The van der Waals surface area contributed by atoms with Crippen LogP contribution in [0.3, 0.4) is 0 Å². The Balaban J connectivity index is 1.96. The maximum Gasteiger partial charge on any atom is 0.225 e. The number of rotatable bonds is 5. The lowest BCUT2D eigenvalue weighted by molar-refractivity contribution is -0.124. The van der Waals surface area contributed by atoms with Crippen molar-refractivity contribution >= 4 is 17.7 Å². The summed E-state index contributed by atoms with van der Waals surface area (Å²) in [5.41, 5.74) is 1.14. The molecule has 1 aliphatic heterocycles. The van der Waals surface area contributed by atoms with E-state index in [1.54, 1.807) is 16.4 Å². The van der Waals surface area contributed by atoms with E-state index in [1.165, 1.54) is 0 Å². The van der Waals surface area contributed by atoms with E-state index in [-0.39, 0.29) is 17.7 Å². The van der Waals surface area contributed by atoms with Gasteiger partial charge in [0.15, 0.2) is 0 Å². The van der Waals surface area contributed by atoms with Crippen molar-refractivity contribution in [3.63, 3.8) is 0 Å². The van der Waals surface area contributed by atoms with Gasteiger partial charge in [-0.3, -0.25) is 9.48 Å². The predicted octanol–water partition coefficient (Wildman–Crippen LogP) is 0.591. The lowest BCUT2D eigenvalue weighted by Gasteiger charge is -2.18. The van der Waals surface area contributed by atoms with Crippen molar-refractivity contribution in [1.29, 1.82) is 0 Å². The molecule has 0 radical (unpaired) electrons. The number of nitrogens with zero attached hydrogens (tertiary/aromatic N) is 2. The Kier molecular flexibility index (Phi) is 4.87. The van der Waals surface area contributed by atoms with Crippen LogP contribution in [0.4, 0.5) is 0 Å². The number of carbonyl (C=O) groups is 1. The number of carbonyl (C=O) groups excluding carboxylic acids is 1. The maximum absolute atomic E-state index is 12.3. The Morgan fingerprint density at radius 2 is 2.47 bits per heavy atom. The van der Waals surface area contributed by atoms with E-state index in [9.17, 15) is 4.79 Å². The fourth-order valence-corrected chi connectivity index (χ4v) is 2.64. The summed E-state index contributed by atoms with van der Waals surface area (Å²) in [5, 5.41) is 11.0. The Morgan fingerprint density at radius 1 is 1.68 bits per heavy atom. The van der Waals surface area contributed by atoms with E-state index in [4.69, 9.17) is 0 Å². The SMILES string of the molecule is CSC(C)CNC(=O)[C@H]1CNC[C@@H]1c1cnn(C)c1. The van der Waals surface area contributed by atoms with Crippen molar-refractivity contribution < 1.29 is 4.79 Å². The maximum atomic E-state index is 12.3. The lowest BCUT2D eigenvalue weighted by atomic mass is 9.90. The molecule has 6 heteroatoms. The molecule has 2 rings (SSSR count). The quantitative estimate of drug-likeness (QED) is 0.830. The van der Waals surface area contributed by atoms with Gasteiger partial charge in [0.25, 0.3) is 0 Å². The molecule has 0 bridgehead atoms. The van der Waals surface area contributed by atoms with Crippen LogP contribution in [0.1, 0.15) is 18.4 Å².